The molecule has 0 aliphatic heterocycles. The molecule has 0 N–H and O–H groups in total. The number of aromatic nitrogens is 5. The molecule has 12 aromatic rings. The van der Waals surface area contributed by atoms with Crippen LogP contribution in [0.1, 0.15) is 0 Å². The number of fused-ring (bicyclic) bond motifs is 10. The van der Waals surface area contributed by atoms with Gasteiger partial charge in [0.05, 0.1) is 22.1 Å². The standard InChI is InChI=1S/C51H31N5O/c1-3-15-32(16-4-1)49-52-50(34-18-13-17-33(31-34)36-24-14-25-40-38-22-9-12-28-45(38)57-48(36)40)54-51(53-49)56-43-27-11-8-23-41(43)46-44(56)30-29-39-37-21-7-10-26-42(37)55(47(39)46)35-19-5-2-6-20-35/h1-31H. The van der Waals surface area contributed by atoms with E-state index in [-0.39, 0.29) is 0 Å². The second-order valence-corrected chi connectivity index (χ2v) is 14.4. The molecule has 0 unspecified atom stereocenters. The molecule has 0 saturated heterocycles. The summed E-state index contributed by atoms with van der Waals surface area (Å²) in [7, 11) is 0. The molecule has 0 radical (unpaired) electrons. The molecule has 6 nitrogen and oxygen atoms in total. The summed E-state index contributed by atoms with van der Waals surface area (Å²) in [4.78, 5) is 15.7. The Hall–Kier alpha value is -7.83. The SMILES string of the molecule is c1ccc(-c2nc(-c3cccc(-c4cccc5c4oc4ccccc45)c3)nc(-n3c4ccccc4c4c3ccc3c5ccccc5n(-c5ccccc5)c34)n2)cc1. The Morgan fingerprint density at radius 2 is 1.00 bits per heavy atom. The first kappa shape index (κ1) is 31.5. The highest BCUT2D eigenvalue weighted by atomic mass is 16.3. The lowest BCUT2D eigenvalue weighted by Gasteiger charge is -2.12. The van der Waals surface area contributed by atoms with Gasteiger partial charge < -0.3 is 8.98 Å². The third kappa shape index (κ3) is 4.81. The number of hydrogen-bond donors (Lipinski definition) is 0. The summed E-state index contributed by atoms with van der Waals surface area (Å²) in [6.45, 7) is 0. The molecule has 6 heteroatoms. The third-order valence-corrected chi connectivity index (χ3v) is 11.2. The van der Waals surface area contributed by atoms with Crippen LogP contribution in [0.25, 0.3) is 111 Å². The summed E-state index contributed by atoms with van der Waals surface area (Å²) in [6.07, 6.45) is 0. The van der Waals surface area contributed by atoms with Crippen molar-refractivity contribution in [2.75, 3.05) is 0 Å². The van der Waals surface area contributed by atoms with Gasteiger partial charge in [-0.25, -0.2) is 4.98 Å². The van der Waals surface area contributed by atoms with E-state index in [1.165, 1.54) is 10.8 Å². The van der Waals surface area contributed by atoms with Crippen LogP contribution in [0.2, 0.25) is 0 Å². The van der Waals surface area contributed by atoms with Gasteiger partial charge in [-0.1, -0.05) is 146 Å². The Morgan fingerprint density at radius 1 is 0.386 bits per heavy atom. The molecule has 0 atom stereocenters. The minimum absolute atomic E-state index is 0.552. The van der Waals surface area contributed by atoms with Crippen LogP contribution >= 0.6 is 0 Å². The first-order valence-electron chi connectivity index (χ1n) is 19.1. The second-order valence-electron chi connectivity index (χ2n) is 14.4. The summed E-state index contributed by atoms with van der Waals surface area (Å²) in [5.41, 5.74) is 11.0. The molecule has 12 rings (SSSR count). The minimum Gasteiger partial charge on any atom is -0.455 e. The van der Waals surface area contributed by atoms with Crippen LogP contribution < -0.4 is 0 Å². The van der Waals surface area contributed by atoms with Crippen LogP contribution in [0.3, 0.4) is 0 Å². The van der Waals surface area contributed by atoms with Gasteiger partial charge in [0.1, 0.15) is 11.2 Å². The van der Waals surface area contributed by atoms with Gasteiger partial charge in [-0.15, -0.1) is 0 Å². The van der Waals surface area contributed by atoms with Gasteiger partial charge in [0.25, 0.3) is 0 Å². The van der Waals surface area contributed by atoms with Crippen molar-refractivity contribution in [3.8, 4) is 45.5 Å². The maximum absolute atomic E-state index is 6.45. The van der Waals surface area contributed by atoms with E-state index in [0.29, 0.717) is 17.6 Å². The van der Waals surface area contributed by atoms with Crippen molar-refractivity contribution in [2.45, 2.75) is 0 Å². The van der Waals surface area contributed by atoms with Crippen molar-refractivity contribution >= 4 is 65.6 Å². The van der Waals surface area contributed by atoms with Crippen LogP contribution in [0.15, 0.2) is 192 Å². The Bertz CT molecular complexity index is 3520. The van der Waals surface area contributed by atoms with Crippen LogP contribution in [-0.4, -0.2) is 24.1 Å². The number of hydrogen-bond acceptors (Lipinski definition) is 4. The van der Waals surface area contributed by atoms with E-state index in [4.69, 9.17) is 19.4 Å². The molecule has 0 amide bonds. The summed E-state index contributed by atoms with van der Waals surface area (Å²) < 4.78 is 11.0. The molecule has 0 aliphatic rings. The normalized spacial score (nSPS) is 11.9. The van der Waals surface area contributed by atoms with E-state index in [2.05, 4.69) is 167 Å². The monoisotopic (exact) mass is 729 g/mol. The molecule has 4 heterocycles. The van der Waals surface area contributed by atoms with E-state index >= 15 is 0 Å². The zero-order valence-corrected chi connectivity index (χ0v) is 30.5. The van der Waals surface area contributed by atoms with Crippen molar-refractivity contribution in [3.05, 3.63) is 188 Å². The molecular formula is C51H31N5O. The molecule has 4 aromatic heterocycles. The lowest BCUT2D eigenvalue weighted by atomic mass is 10.0. The maximum atomic E-state index is 6.45. The van der Waals surface area contributed by atoms with Crippen LogP contribution in [0, 0.1) is 0 Å². The maximum Gasteiger partial charge on any atom is 0.238 e. The number of benzene rings is 8. The molecule has 266 valence electrons. The van der Waals surface area contributed by atoms with Gasteiger partial charge in [-0.05, 0) is 48.0 Å². The Labute approximate surface area is 326 Å². The third-order valence-electron chi connectivity index (χ3n) is 11.2. The fraction of sp³-hybridized carbons (Fsp3) is 0. The molecular weight excluding hydrogens is 699 g/mol. The fourth-order valence-corrected chi connectivity index (χ4v) is 8.68. The lowest BCUT2D eigenvalue weighted by molar-refractivity contribution is 0.670. The molecule has 8 aromatic carbocycles. The first-order valence-corrected chi connectivity index (χ1v) is 19.1. The topological polar surface area (TPSA) is 61.7 Å². The van der Waals surface area contributed by atoms with Gasteiger partial charge in [0, 0.05) is 54.7 Å². The van der Waals surface area contributed by atoms with Crippen LogP contribution in [0.4, 0.5) is 0 Å². The first-order chi connectivity index (χ1) is 28.3. The van der Waals surface area contributed by atoms with Gasteiger partial charge in [-0.3, -0.25) is 4.57 Å². The van der Waals surface area contributed by atoms with Crippen LogP contribution in [0.5, 0.6) is 0 Å². The molecule has 0 spiro atoms. The van der Waals surface area contributed by atoms with Gasteiger partial charge in [0.15, 0.2) is 11.6 Å². The predicted molar refractivity (Wildman–Crippen MR) is 232 cm³/mol. The molecule has 0 fully saturated rings. The summed E-state index contributed by atoms with van der Waals surface area (Å²) in [6, 6.07) is 65.4. The van der Waals surface area contributed by atoms with E-state index < -0.39 is 0 Å². The largest absolute Gasteiger partial charge is 0.455 e. The summed E-state index contributed by atoms with van der Waals surface area (Å²) in [5.74, 6) is 1.74. The van der Waals surface area contributed by atoms with Gasteiger partial charge in [0.2, 0.25) is 5.95 Å². The minimum atomic E-state index is 0.552. The van der Waals surface area contributed by atoms with Crippen LogP contribution in [-0.2, 0) is 0 Å². The number of furan rings is 1. The predicted octanol–water partition coefficient (Wildman–Crippen LogP) is 13.0. The average molecular weight is 730 g/mol. The Morgan fingerprint density at radius 3 is 1.82 bits per heavy atom. The zero-order chi connectivity index (χ0) is 37.5. The van der Waals surface area contributed by atoms with Crippen molar-refractivity contribution in [3.63, 3.8) is 0 Å². The highest BCUT2D eigenvalue weighted by Gasteiger charge is 2.23. The van der Waals surface area contributed by atoms with Crippen molar-refractivity contribution in [2.24, 2.45) is 0 Å². The number of para-hydroxylation sites is 5. The molecule has 0 saturated carbocycles. The lowest BCUT2D eigenvalue weighted by Crippen LogP contribution is -2.06. The average Bonchev–Trinajstić information content (AvgIpc) is 3.95. The Kier molecular flexibility index (Phi) is 6.83. The van der Waals surface area contributed by atoms with Crippen molar-refractivity contribution in [1.29, 1.82) is 0 Å². The Balaban J connectivity index is 1.12. The highest BCUT2D eigenvalue weighted by molar-refractivity contribution is 6.26. The van der Waals surface area contributed by atoms with E-state index in [1.807, 2.05) is 30.3 Å². The number of rotatable bonds is 5. The van der Waals surface area contributed by atoms with E-state index in [1.54, 1.807) is 0 Å². The zero-order valence-electron chi connectivity index (χ0n) is 30.5. The van der Waals surface area contributed by atoms with Gasteiger partial charge in [-0.2, -0.15) is 9.97 Å². The molecule has 57 heavy (non-hydrogen) atoms. The second kappa shape index (κ2) is 12.3. The van der Waals surface area contributed by atoms with Gasteiger partial charge >= 0.3 is 0 Å². The summed E-state index contributed by atoms with van der Waals surface area (Å²) in [5, 5.41) is 6.88. The smallest absolute Gasteiger partial charge is 0.238 e. The van der Waals surface area contributed by atoms with Crippen molar-refractivity contribution < 1.29 is 4.42 Å². The number of nitrogens with zero attached hydrogens (tertiary/aromatic N) is 5. The quantitative estimate of drug-likeness (QED) is 0.177. The molecule has 0 bridgehead atoms. The van der Waals surface area contributed by atoms with E-state index in [0.717, 1.165) is 82.7 Å². The highest BCUT2D eigenvalue weighted by Crippen LogP contribution is 2.42. The fourth-order valence-electron chi connectivity index (χ4n) is 8.68. The van der Waals surface area contributed by atoms with E-state index in [9.17, 15) is 0 Å². The van der Waals surface area contributed by atoms with Crippen molar-refractivity contribution in [1.82, 2.24) is 24.1 Å². The summed E-state index contributed by atoms with van der Waals surface area (Å²) >= 11 is 0. The molecule has 0 aliphatic carbocycles.